The highest BCUT2D eigenvalue weighted by Crippen LogP contribution is 2.25. The lowest BCUT2D eigenvalue weighted by Gasteiger charge is -2.33. The molecule has 0 aromatic rings. The zero-order valence-electron chi connectivity index (χ0n) is 7.43. The SMILES string of the molecule is CN(C1CCC1)S(=O)(=O)CC(=O)O. The average Bonchev–Trinajstić information content (AvgIpc) is 1.79. The highest BCUT2D eigenvalue weighted by Gasteiger charge is 2.31. The third-order valence-corrected chi connectivity index (χ3v) is 4.12. The molecule has 0 amide bonds. The first-order valence-electron chi connectivity index (χ1n) is 4.11. The fraction of sp³-hybridized carbons (Fsp3) is 0.857. The van der Waals surface area contributed by atoms with E-state index in [0.29, 0.717) is 0 Å². The second-order valence-corrected chi connectivity index (χ2v) is 5.28. The number of carboxylic acids is 1. The molecule has 1 aliphatic carbocycles. The van der Waals surface area contributed by atoms with Crippen LogP contribution in [0.3, 0.4) is 0 Å². The molecule has 1 saturated carbocycles. The molecule has 0 heterocycles. The van der Waals surface area contributed by atoms with Gasteiger partial charge in [0.25, 0.3) is 0 Å². The summed E-state index contributed by atoms with van der Waals surface area (Å²) in [4.78, 5) is 10.2. The molecule has 1 fully saturated rings. The van der Waals surface area contributed by atoms with Crippen LogP contribution in [0.25, 0.3) is 0 Å². The number of hydrogen-bond acceptors (Lipinski definition) is 3. The molecule has 5 nitrogen and oxygen atoms in total. The number of nitrogens with zero attached hydrogens (tertiary/aromatic N) is 1. The molecule has 1 rings (SSSR count). The number of carboxylic acid groups (broad SMARTS) is 1. The smallest absolute Gasteiger partial charge is 0.320 e. The molecule has 0 unspecified atom stereocenters. The van der Waals surface area contributed by atoms with Gasteiger partial charge in [-0.3, -0.25) is 4.79 Å². The summed E-state index contributed by atoms with van der Waals surface area (Å²) in [5.41, 5.74) is 0. The monoisotopic (exact) mass is 207 g/mol. The van der Waals surface area contributed by atoms with Crippen LogP contribution >= 0.6 is 0 Å². The topological polar surface area (TPSA) is 74.7 Å². The Morgan fingerprint density at radius 3 is 2.38 bits per heavy atom. The van der Waals surface area contributed by atoms with E-state index in [1.54, 1.807) is 0 Å². The number of carbonyl (C=O) groups is 1. The van der Waals surface area contributed by atoms with E-state index in [2.05, 4.69) is 0 Å². The van der Waals surface area contributed by atoms with Gasteiger partial charge in [0.2, 0.25) is 10.0 Å². The summed E-state index contributed by atoms with van der Waals surface area (Å²) in [6.45, 7) is 0. The molecule has 0 atom stereocenters. The zero-order valence-corrected chi connectivity index (χ0v) is 8.25. The molecule has 1 N–H and O–H groups in total. The average molecular weight is 207 g/mol. The molecule has 0 saturated heterocycles. The van der Waals surface area contributed by atoms with E-state index in [0.717, 1.165) is 19.3 Å². The van der Waals surface area contributed by atoms with Crippen molar-refractivity contribution >= 4 is 16.0 Å². The van der Waals surface area contributed by atoms with Crippen LogP contribution in [-0.2, 0) is 14.8 Å². The molecule has 0 aliphatic heterocycles. The van der Waals surface area contributed by atoms with Crippen molar-refractivity contribution < 1.29 is 18.3 Å². The Kier molecular flexibility index (Phi) is 2.92. The van der Waals surface area contributed by atoms with E-state index >= 15 is 0 Å². The molecule has 13 heavy (non-hydrogen) atoms. The van der Waals surface area contributed by atoms with Gasteiger partial charge in [0.1, 0.15) is 0 Å². The molecule has 0 radical (unpaired) electrons. The van der Waals surface area contributed by atoms with E-state index < -0.39 is 21.7 Å². The fourth-order valence-electron chi connectivity index (χ4n) is 1.24. The number of hydrogen-bond donors (Lipinski definition) is 1. The maximum atomic E-state index is 11.3. The van der Waals surface area contributed by atoms with Gasteiger partial charge in [-0.25, -0.2) is 12.7 Å². The van der Waals surface area contributed by atoms with E-state index in [1.165, 1.54) is 11.4 Å². The van der Waals surface area contributed by atoms with Gasteiger partial charge < -0.3 is 5.11 Å². The molecule has 0 bridgehead atoms. The highest BCUT2D eigenvalue weighted by molar-refractivity contribution is 7.89. The van der Waals surface area contributed by atoms with Gasteiger partial charge >= 0.3 is 5.97 Å². The summed E-state index contributed by atoms with van der Waals surface area (Å²) < 4.78 is 23.8. The lowest BCUT2D eigenvalue weighted by molar-refractivity contribution is -0.134. The molecule has 6 heteroatoms. The number of sulfonamides is 1. The van der Waals surface area contributed by atoms with Crippen LogP contribution in [0, 0.1) is 0 Å². The second kappa shape index (κ2) is 3.63. The normalized spacial score (nSPS) is 18.6. The van der Waals surface area contributed by atoms with Crippen LogP contribution in [0.2, 0.25) is 0 Å². The minimum absolute atomic E-state index is 0.0179. The van der Waals surface area contributed by atoms with Crippen molar-refractivity contribution in [3.05, 3.63) is 0 Å². The summed E-state index contributed by atoms with van der Waals surface area (Å²) in [6.07, 6.45) is 2.71. The first kappa shape index (κ1) is 10.5. The summed E-state index contributed by atoms with van der Waals surface area (Å²) in [6, 6.07) is 0.0179. The lowest BCUT2D eigenvalue weighted by Crippen LogP contribution is -2.43. The van der Waals surface area contributed by atoms with Crippen molar-refractivity contribution in [1.29, 1.82) is 0 Å². The van der Waals surface area contributed by atoms with Crippen molar-refractivity contribution in [2.24, 2.45) is 0 Å². The number of aliphatic carboxylic acids is 1. The summed E-state index contributed by atoms with van der Waals surface area (Å²) >= 11 is 0. The van der Waals surface area contributed by atoms with Crippen LogP contribution in [0.15, 0.2) is 0 Å². The Hall–Kier alpha value is -0.620. The minimum atomic E-state index is -3.59. The molecule has 0 aromatic carbocycles. The first-order valence-corrected chi connectivity index (χ1v) is 5.72. The van der Waals surface area contributed by atoms with Gasteiger partial charge in [-0.15, -0.1) is 0 Å². The summed E-state index contributed by atoms with van der Waals surface area (Å²) in [5.74, 6) is -2.11. The predicted octanol–water partition coefficient (Wildman–Crippen LogP) is -0.115. The van der Waals surface area contributed by atoms with Gasteiger partial charge in [0.05, 0.1) is 0 Å². The van der Waals surface area contributed by atoms with Crippen molar-refractivity contribution in [2.45, 2.75) is 25.3 Å². The molecule has 0 aromatic heterocycles. The molecule has 0 spiro atoms. The van der Waals surface area contributed by atoms with Crippen molar-refractivity contribution in [3.8, 4) is 0 Å². The zero-order chi connectivity index (χ0) is 10.1. The Morgan fingerprint density at radius 2 is 2.08 bits per heavy atom. The Bertz CT molecular complexity index is 294. The fourth-order valence-corrected chi connectivity index (χ4v) is 2.42. The largest absolute Gasteiger partial charge is 0.480 e. The van der Waals surface area contributed by atoms with Gasteiger partial charge in [-0.2, -0.15) is 0 Å². The standard InChI is InChI=1S/C7H13NO4S/c1-8(6-3-2-4-6)13(11,12)5-7(9)10/h6H,2-5H2,1H3,(H,9,10). The van der Waals surface area contributed by atoms with Gasteiger partial charge in [-0.1, -0.05) is 6.42 Å². The second-order valence-electron chi connectivity index (χ2n) is 3.25. The van der Waals surface area contributed by atoms with Gasteiger partial charge in [-0.05, 0) is 12.8 Å². The maximum Gasteiger partial charge on any atom is 0.320 e. The predicted molar refractivity (Wildman–Crippen MR) is 46.8 cm³/mol. The van der Waals surface area contributed by atoms with E-state index in [1.807, 2.05) is 0 Å². The van der Waals surface area contributed by atoms with Crippen LogP contribution in [0.1, 0.15) is 19.3 Å². The van der Waals surface area contributed by atoms with Crippen molar-refractivity contribution in [3.63, 3.8) is 0 Å². The minimum Gasteiger partial charge on any atom is -0.480 e. The van der Waals surface area contributed by atoms with Crippen LogP contribution in [0.4, 0.5) is 0 Å². The Balaban J connectivity index is 2.62. The summed E-state index contributed by atoms with van der Waals surface area (Å²) in [7, 11) is -2.14. The third-order valence-electron chi connectivity index (χ3n) is 2.33. The van der Waals surface area contributed by atoms with Crippen molar-refractivity contribution in [2.75, 3.05) is 12.8 Å². The van der Waals surface area contributed by atoms with Crippen LogP contribution < -0.4 is 0 Å². The van der Waals surface area contributed by atoms with Gasteiger partial charge in [0, 0.05) is 13.1 Å². The third kappa shape index (κ3) is 2.41. The molecule has 76 valence electrons. The van der Waals surface area contributed by atoms with Gasteiger partial charge in [0.15, 0.2) is 5.75 Å². The van der Waals surface area contributed by atoms with E-state index in [9.17, 15) is 13.2 Å². The molecule has 1 aliphatic rings. The summed E-state index contributed by atoms with van der Waals surface area (Å²) in [5, 5.41) is 8.36. The first-order chi connectivity index (χ1) is 5.93. The number of rotatable bonds is 4. The van der Waals surface area contributed by atoms with Crippen molar-refractivity contribution in [1.82, 2.24) is 4.31 Å². The maximum absolute atomic E-state index is 11.3. The van der Waals surface area contributed by atoms with E-state index in [4.69, 9.17) is 5.11 Å². The van der Waals surface area contributed by atoms with Crippen LogP contribution in [-0.4, -0.2) is 42.6 Å². The highest BCUT2D eigenvalue weighted by atomic mass is 32.2. The lowest BCUT2D eigenvalue weighted by atomic mass is 9.94. The molecular formula is C7H13NO4S. The Morgan fingerprint density at radius 1 is 1.54 bits per heavy atom. The van der Waals surface area contributed by atoms with E-state index in [-0.39, 0.29) is 6.04 Å². The van der Waals surface area contributed by atoms with Crippen LogP contribution in [0.5, 0.6) is 0 Å². The Labute approximate surface area is 77.4 Å². The quantitative estimate of drug-likeness (QED) is 0.697. The molecular weight excluding hydrogens is 194 g/mol.